The average Bonchev–Trinajstić information content (AvgIpc) is 2.32. The number of halogens is 3. The topological polar surface area (TPSA) is 46.2 Å². The maximum absolute atomic E-state index is 12.3. The van der Waals surface area contributed by atoms with Gasteiger partial charge in [0.25, 0.3) is 10.0 Å². The van der Waals surface area contributed by atoms with Gasteiger partial charge < -0.3 is 0 Å². The van der Waals surface area contributed by atoms with Crippen molar-refractivity contribution in [3.63, 3.8) is 0 Å². The Bertz CT molecular complexity index is 763. The average molecular weight is 395 g/mol. The third kappa shape index (κ3) is 3.47. The lowest BCUT2D eigenvalue weighted by Gasteiger charge is -2.11. The van der Waals surface area contributed by atoms with E-state index < -0.39 is 10.0 Å². The lowest BCUT2D eigenvalue weighted by atomic mass is 10.2. The van der Waals surface area contributed by atoms with Crippen molar-refractivity contribution in [1.29, 1.82) is 0 Å². The second kappa shape index (κ2) is 5.93. The third-order valence-corrected chi connectivity index (χ3v) is 5.21. The van der Waals surface area contributed by atoms with Gasteiger partial charge in [0, 0.05) is 4.47 Å². The first kappa shape index (κ1) is 15.6. The zero-order valence-electron chi connectivity index (χ0n) is 10.3. The molecule has 1 N–H and O–H groups in total. The standard InChI is InChI=1S/C13H10BrCl2NO2S/c1-8-2-4-12(10(15)6-8)17-20(18,19)13-5-3-9(14)7-11(13)16/h2-7,17H,1H3. The number of nitrogens with one attached hydrogen (secondary N) is 1. The summed E-state index contributed by atoms with van der Waals surface area (Å²) in [6.45, 7) is 1.87. The fraction of sp³-hybridized carbons (Fsp3) is 0.0769. The molecule has 0 unspecified atom stereocenters. The Kier molecular flexibility index (Phi) is 4.64. The van der Waals surface area contributed by atoms with Crippen LogP contribution in [0.2, 0.25) is 10.0 Å². The zero-order chi connectivity index (χ0) is 14.9. The maximum Gasteiger partial charge on any atom is 0.263 e. The molecule has 0 saturated heterocycles. The Morgan fingerprint density at radius 1 is 1.05 bits per heavy atom. The van der Waals surface area contributed by atoms with Crippen LogP contribution >= 0.6 is 39.1 Å². The Hall–Kier alpha value is -0.750. The maximum atomic E-state index is 12.3. The van der Waals surface area contributed by atoms with Crippen LogP contribution in [0.1, 0.15) is 5.56 Å². The van der Waals surface area contributed by atoms with Crippen molar-refractivity contribution in [3.05, 3.63) is 56.5 Å². The molecule has 0 aliphatic heterocycles. The molecule has 0 atom stereocenters. The van der Waals surface area contributed by atoms with Gasteiger partial charge in [0.2, 0.25) is 0 Å². The van der Waals surface area contributed by atoms with Crippen molar-refractivity contribution in [1.82, 2.24) is 0 Å². The summed E-state index contributed by atoms with van der Waals surface area (Å²) in [5.74, 6) is 0. The molecule has 0 fully saturated rings. The second-order valence-electron chi connectivity index (χ2n) is 4.16. The van der Waals surface area contributed by atoms with Gasteiger partial charge in [0.15, 0.2) is 0 Å². The molecule has 2 rings (SSSR count). The van der Waals surface area contributed by atoms with E-state index in [1.165, 1.54) is 12.1 Å². The van der Waals surface area contributed by atoms with Gasteiger partial charge in [0.05, 0.1) is 15.7 Å². The van der Waals surface area contributed by atoms with Crippen molar-refractivity contribution in [2.24, 2.45) is 0 Å². The molecule has 0 heterocycles. The van der Waals surface area contributed by atoms with E-state index in [-0.39, 0.29) is 9.92 Å². The van der Waals surface area contributed by atoms with E-state index in [1.807, 2.05) is 6.92 Å². The molecule has 2 aromatic rings. The highest BCUT2D eigenvalue weighted by Gasteiger charge is 2.19. The molecule has 0 amide bonds. The smallest absolute Gasteiger partial charge is 0.263 e. The summed E-state index contributed by atoms with van der Waals surface area (Å²) < 4.78 is 27.7. The van der Waals surface area contributed by atoms with Crippen LogP contribution < -0.4 is 4.72 Å². The van der Waals surface area contributed by atoms with Crippen molar-refractivity contribution in [2.45, 2.75) is 11.8 Å². The number of aryl methyl sites for hydroxylation is 1. The molecule has 20 heavy (non-hydrogen) atoms. The van der Waals surface area contributed by atoms with E-state index >= 15 is 0 Å². The number of rotatable bonds is 3. The molecule has 106 valence electrons. The van der Waals surface area contributed by atoms with Gasteiger partial charge in [-0.2, -0.15) is 0 Å². The summed E-state index contributed by atoms with van der Waals surface area (Å²) in [5.41, 5.74) is 1.26. The highest BCUT2D eigenvalue weighted by molar-refractivity contribution is 9.10. The molecule has 0 aromatic heterocycles. The quantitative estimate of drug-likeness (QED) is 0.807. The zero-order valence-corrected chi connectivity index (χ0v) is 14.2. The van der Waals surface area contributed by atoms with Gasteiger partial charge in [-0.15, -0.1) is 0 Å². The summed E-state index contributed by atoms with van der Waals surface area (Å²) in [4.78, 5) is -0.000918. The van der Waals surface area contributed by atoms with Crippen LogP contribution in [0.4, 0.5) is 5.69 Å². The van der Waals surface area contributed by atoms with Crippen LogP contribution in [0, 0.1) is 6.92 Å². The van der Waals surface area contributed by atoms with Crippen molar-refractivity contribution >= 4 is 54.8 Å². The van der Waals surface area contributed by atoms with E-state index in [1.54, 1.807) is 24.3 Å². The summed E-state index contributed by atoms with van der Waals surface area (Å²) in [6.07, 6.45) is 0. The fourth-order valence-electron chi connectivity index (χ4n) is 1.60. The van der Waals surface area contributed by atoms with Crippen molar-refractivity contribution < 1.29 is 8.42 Å². The van der Waals surface area contributed by atoms with Gasteiger partial charge in [0.1, 0.15) is 4.90 Å². The Balaban J connectivity index is 2.41. The van der Waals surface area contributed by atoms with E-state index in [4.69, 9.17) is 23.2 Å². The largest absolute Gasteiger partial charge is 0.278 e. The van der Waals surface area contributed by atoms with Gasteiger partial charge in [-0.25, -0.2) is 8.42 Å². The van der Waals surface area contributed by atoms with E-state index in [0.717, 1.165) is 5.56 Å². The predicted molar refractivity (Wildman–Crippen MR) is 86.1 cm³/mol. The van der Waals surface area contributed by atoms with Gasteiger partial charge in [-0.05, 0) is 42.8 Å². The lowest BCUT2D eigenvalue weighted by Crippen LogP contribution is -2.13. The number of benzene rings is 2. The van der Waals surface area contributed by atoms with Gasteiger partial charge >= 0.3 is 0 Å². The molecule has 7 heteroatoms. The molecular weight excluding hydrogens is 385 g/mol. The van der Waals surface area contributed by atoms with Crippen LogP contribution in [0.15, 0.2) is 45.8 Å². The molecule has 0 aliphatic carbocycles. The normalized spacial score (nSPS) is 11.4. The number of hydrogen-bond donors (Lipinski definition) is 1. The lowest BCUT2D eigenvalue weighted by molar-refractivity contribution is 0.601. The fourth-order valence-corrected chi connectivity index (χ4v) is 4.05. The van der Waals surface area contributed by atoms with Gasteiger partial charge in [-0.1, -0.05) is 45.2 Å². The summed E-state index contributed by atoms with van der Waals surface area (Å²) in [5, 5.41) is 0.469. The number of anilines is 1. The second-order valence-corrected chi connectivity index (χ2v) is 7.54. The monoisotopic (exact) mass is 393 g/mol. The van der Waals surface area contributed by atoms with Crippen LogP contribution in [-0.4, -0.2) is 8.42 Å². The van der Waals surface area contributed by atoms with Crippen LogP contribution in [0.5, 0.6) is 0 Å². The van der Waals surface area contributed by atoms with Crippen LogP contribution in [-0.2, 0) is 10.0 Å². The Morgan fingerprint density at radius 3 is 2.35 bits per heavy atom. The molecule has 0 radical (unpaired) electrons. The predicted octanol–water partition coefficient (Wildman–Crippen LogP) is 4.87. The van der Waals surface area contributed by atoms with Crippen LogP contribution in [0.25, 0.3) is 0 Å². The summed E-state index contributed by atoms with van der Waals surface area (Å²) in [7, 11) is -3.78. The summed E-state index contributed by atoms with van der Waals surface area (Å²) >= 11 is 15.2. The van der Waals surface area contributed by atoms with Crippen LogP contribution in [0.3, 0.4) is 0 Å². The molecular formula is C13H10BrCl2NO2S. The van der Waals surface area contributed by atoms with E-state index in [0.29, 0.717) is 15.2 Å². The Morgan fingerprint density at radius 2 is 1.75 bits per heavy atom. The number of sulfonamides is 1. The highest BCUT2D eigenvalue weighted by atomic mass is 79.9. The van der Waals surface area contributed by atoms with E-state index in [9.17, 15) is 8.42 Å². The minimum Gasteiger partial charge on any atom is -0.278 e. The SMILES string of the molecule is Cc1ccc(NS(=O)(=O)c2ccc(Br)cc2Cl)c(Cl)c1. The minimum absolute atomic E-state index is 0.000918. The molecule has 0 saturated carbocycles. The Labute approximate surface area is 136 Å². The molecule has 3 nitrogen and oxygen atoms in total. The molecule has 0 aliphatic rings. The molecule has 0 spiro atoms. The first-order valence-electron chi connectivity index (χ1n) is 5.53. The van der Waals surface area contributed by atoms with E-state index in [2.05, 4.69) is 20.7 Å². The number of hydrogen-bond acceptors (Lipinski definition) is 2. The molecule has 2 aromatic carbocycles. The first-order valence-corrected chi connectivity index (χ1v) is 8.57. The van der Waals surface area contributed by atoms with Crippen molar-refractivity contribution in [3.8, 4) is 0 Å². The minimum atomic E-state index is -3.78. The first-order chi connectivity index (χ1) is 9.29. The highest BCUT2D eigenvalue weighted by Crippen LogP contribution is 2.29. The van der Waals surface area contributed by atoms with Gasteiger partial charge in [-0.3, -0.25) is 4.72 Å². The summed E-state index contributed by atoms with van der Waals surface area (Å²) in [6, 6.07) is 9.62. The van der Waals surface area contributed by atoms with Crippen molar-refractivity contribution in [2.75, 3.05) is 4.72 Å². The molecule has 0 bridgehead atoms. The third-order valence-electron chi connectivity index (χ3n) is 2.55.